The van der Waals surface area contributed by atoms with E-state index in [9.17, 15) is 14.7 Å². The molecule has 0 spiro atoms. The van der Waals surface area contributed by atoms with E-state index in [1.165, 1.54) is 9.80 Å². The molecule has 114 valence electrons. The zero-order chi connectivity index (χ0) is 15.5. The van der Waals surface area contributed by atoms with Crippen molar-refractivity contribution in [3.63, 3.8) is 0 Å². The van der Waals surface area contributed by atoms with Gasteiger partial charge in [-0.25, -0.2) is 9.59 Å². The van der Waals surface area contributed by atoms with Crippen molar-refractivity contribution in [3.8, 4) is 0 Å². The van der Waals surface area contributed by atoms with Gasteiger partial charge in [0.05, 0.1) is 12.2 Å². The Morgan fingerprint density at radius 2 is 2.19 bits per heavy atom. The van der Waals surface area contributed by atoms with Gasteiger partial charge >= 0.3 is 12.0 Å². The predicted octanol–water partition coefficient (Wildman–Crippen LogP) is 1.96. The van der Waals surface area contributed by atoms with Crippen LogP contribution in [0.15, 0.2) is 24.4 Å². The maximum atomic E-state index is 12.6. The monoisotopic (exact) mass is 291 g/mol. The Morgan fingerprint density at radius 3 is 2.81 bits per heavy atom. The van der Waals surface area contributed by atoms with Crippen LogP contribution in [0.25, 0.3) is 0 Å². The van der Waals surface area contributed by atoms with Crippen molar-refractivity contribution in [1.29, 1.82) is 0 Å². The fraction of sp³-hybridized carbons (Fsp3) is 0.533. The molecule has 1 N–H and O–H groups in total. The number of carbonyl (C=O) groups is 2. The van der Waals surface area contributed by atoms with Crippen molar-refractivity contribution >= 4 is 12.0 Å². The van der Waals surface area contributed by atoms with Gasteiger partial charge in [0, 0.05) is 19.8 Å². The van der Waals surface area contributed by atoms with Gasteiger partial charge in [0.1, 0.15) is 5.54 Å². The highest BCUT2D eigenvalue weighted by Crippen LogP contribution is 2.29. The number of carbonyl (C=O) groups excluding carboxylic acids is 1. The van der Waals surface area contributed by atoms with Gasteiger partial charge in [-0.15, -0.1) is 0 Å². The third kappa shape index (κ3) is 3.15. The van der Waals surface area contributed by atoms with E-state index in [2.05, 4.69) is 4.98 Å². The number of nitrogens with zero attached hydrogens (tertiary/aromatic N) is 3. The lowest BCUT2D eigenvalue weighted by molar-refractivity contribution is -0.150. The summed E-state index contributed by atoms with van der Waals surface area (Å²) < 4.78 is 0. The standard InChI is InChI=1S/C15H21N3O3/c1-15(13(19)20)8-4-6-10-18(15)14(21)17(2)11-12-7-3-5-9-16-12/h3,5,7,9H,4,6,8,10-11H2,1-2H3,(H,19,20). The van der Waals surface area contributed by atoms with E-state index < -0.39 is 11.5 Å². The van der Waals surface area contributed by atoms with Crippen molar-refractivity contribution in [2.75, 3.05) is 13.6 Å². The minimum atomic E-state index is -1.12. The summed E-state index contributed by atoms with van der Waals surface area (Å²) in [6.45, 7) is 2.47. The van der Waals surface area contributed by atoms with Crippen LogP contribution in [0, 0.1) is 0 Å². The fourth-order valence-electron chi connectivity index (χ4n) is 2.66. The number of urea groups is 1. The average Bonchev–Trinajstić information content (AvgIpc) is 2.48. The molecule has 1 aliphatic rings. The second kappa shape index (κ2) is 6.11. The molecule has 1 unspecified atom stereocenters. The first kappa shape index (κ1) is 15.3. The highest BCUT2D eigenvalue weighted by Gasteiger charge is 2.44. The van der Waals surface area contributed by atoms with Gasteiger partial charge in [0.15, 0.2) is 0 Å². The number of likely N-dealkylation sites (tertiary alicyclic amines) is 1. The summed E-state index contributed by atoms with van der Waals surface area (Å²) in [6.07, 6.45) is 3.84. The summed E-state index contributed by atoms with van der Waals surface area (Å²) in [5.74, 6) is -0.943. The molecule has 0 bridgehead atoms. The molecule has 2 heterocycles. The summed E-state index contributed by atoms with van der Waals surface area (Å²) in [7, 11) is 1.67. The smallest absolute Gasteiger partial charge is 0.329 e. The second-order valence-corrected chi connectivity index (χ2v) is 5.65. The quantitative estimate of drug-likeness (QED) is 0.924. The van der Waals surface area contributed by atoms with E-state index >= 15 is 0 Å². The number of rotatable bonds is 3. The molecule has 1 fully saturated rings. The molecule has 1 aromatic rings. The third-order valence-electron chi connectivity index (χ3n) is 4.03. The molecule has 2 amide bonds. The molecule has 0 radical (unpaired) electrons. The Bertz CT molecular complexity index is 520. The average molecular weight is 291 g/mol. The van der Waals surface area contributed by atoms with Gasteiger partial charge < -0.3 is 14.9 Å². The number of piperidine rings is 1. The third-order valence-corrected chi connectivity index (χ3v) is 4.03. The minimum Gasteiger partial charge on any atom is -0.480 e. The first-order chi connectivity index (χ1) is 9.95. The maximum Gasteiger partial charge on any atom is 0.329 e. The van der Waals surface area contributed by atoms with Crippen molar-refractivity contribution < 1.29 is 14.7 Å². The fourth-order valence-corrected chi connectivity index (χ4v) is 2.66. The lowest BCUT2D eigenvalue weighted by atomic mass is 9.89. The number of carboxylic acids is 1. The van der Waals surface area contributed by atoms with E-state index in [4.69, 9.17) is 0 Å². The van der Waals surface area contributed by atoms with Gasteiger partial charge in [0.2, 0.25) is 0 Å². The molecular formula is C15H21N3O3. The first-order valence-corrected chi connectivity index (χ1v) is 7.11. The molecule has 1 atom stereocenters. The van der Waals surface area contributed by atoms with Crippen molar-refractivity contribution in [2.24, 2.45) is 0 Å². The lowest BCUT2D eigenvalue weighted by Gasteiger charge is -2.43. The van der Waals surface area contributed by atoms with Gasteiger partial charge in [0.25, 0.3) is 0 Å². The highest BCUT2D eigenvalue weighted by atomic mass is 16.4. The molecule has 2 rings (SSSR count). The van der Waals surface area contributed by atoms with Crippen molar-refractivity contribution in [1.82, 2.24) is 14.8 Å². The number of hydrogen-bond donors (Lipinski definition) is 1. The lowest BCUT2D eigenvalue weighted by Crippen LogP contribution is -2.60. The van der Waals surface area contributed by atoms with E-state index in [1.54, 1.807) is 20.2 Å². The minimum absolute atomic E-state index is 0.259. The Hall–Kier alpha value is -2.11. The zero-order valence-corrected chi connectivity index (χ0v) is 12.5. The van der Waals surface area contributed by atoms with Crippen molar-refractivity contribution in [2.45, 2.75) is 38.3 Å². The number of pyridine rings is 1. The molecule has 6 nitrogen and oxygen atoms in total. The van der Waals surface area contributed by atoms with E-state index in [-0.39, 0.29) is 6.03 Å². The van der Waals surface area contributed by atoms with Gasteiger partial charge in [-0.1, -0.05) is 6.07 Å². The second-order valence-electron chi connectivity index (χ2n) is 5.65. The molecule has 0 aliphatic carbocycles. The van der Waals surface area contributed by atoms with Gasteiger partial charge in [-0.05, 0) is 38.3 Å². The highest BCUT2D eigenvalue weighted by molar-refractivity contribution is 5.86. The normalized spacial score (nSPS) is 21.9. The van der Waals surface area contributed by atoms with Crippen LogP contribution in [-0.2, 0) is 11.3 Å². The van der Waals surface area contributed by atoms with Crippen LogP contribution in [0.5, 0.6) is 0 Å². The predicted molar refractivity (Wildman–Crippen MR) is 77.7 cm³/mol. The number of carboxylic acid groups (broad SMARTS) is 1. The summed E-state index contributed by atoms with van der Waals surface area (Å²) in [5, 5.41) is 9.46. The molecule has 1 saturated heterocycles. The maximum absolute atomic E-state index is 12.6. The molecule has 0 aromatic carbocycles. The molecule has 0 saturated carbocycles. The van der Waals surface area contributed by atoms with Gasteiger partial charge in [-0.3, -0.25) is 4.98 Å². The Labute approximate surface area is 124 Å². The van der Waals surface area contributed by atoms with Crippen LogP contribution in [-0.4, -0.2) is 51.0 Å². The number of hydrogen-bond acceptors (Lipinski definition) is 3. The Kier molecular flexibility index (Phi) is 4.45. The number of aliphatic carboxylic acids is 1. The topological polar surface area (TPSA) is 73.7 Å². The Morgan fingerprint density at radius 1 is 1.43 bits per heavy atom. The van der Waals surface area contributed by atoms with Gasteiger partial charge in [-0.2, -0.15) is 0 Å². The largest absolute Gasteiger partial charge is 0.480 e. The summed E-state index contributed by atoms with van der Waals surface area (Å²) in [5.41, 5.74) is -0.337. The molecule has 1 aromatic heterocycles. The summed E-state index contributed by atoms with van der Waals surface area (Å²) in [4.78, 5) is 31.3. The van der Waals surface area contributed by atoms with Crippen molar-refractivity contribution in [3.05, 3.63) is 30.1 Å². The zero-order valence-electron chi connectivity index (χ0n) is 12.5. The van der Waals surface area contributed by atoms with Crippen LogP contribution < -0.4 is 0 Å². The first-order valence-electron chi connectivity index (χ1n) is 7.11. The number of amides is 2. The SMILES string of the molecule is CN(Cc1ccccn1)C(=O)N1CCCCC1(C)C(=O)O. The molecule has 1 aliphatic heterocycles. The summed E-state index contributed by atoms with van der Waals surface area (Å²) >= 11 is 0. The van der Waals surface area contributed by atoms with Crippen LogP contribution >= 0.6 is 0 Å². The number of aromatic nitrogens is 1. The van der Waals surface area contributed by atoms with E-state index in [0.717, 1.165) is 18.5 Å². The van der Waals surface area contributed by atoms with Crippen LogP contribution in [0.3, 0.4) is 0 Å². The van der Waals surface area contributed by atoms with Crippen LogP contribution in [0.1, 0.15) is 31.9 Å². The molecule has 6 heteroatoms. The van der Waals surface area contributed by atoms with Crippen LogP contribution in [0.2, 0.25) is 0 Å². The molecular weight excluding hydrogens is 270 g/mol. The Balaban J connectivity index is 2.12. The van der Waals surface area contributed by atoms with E-state index in [1.807, 2.05) is 18.2 Å². The summed E-state index contributed by atoms with van der Waals surface area (Å²) in [6, 6.07) is 5.27. The molecule has 21 heavy (non-hydrogen) atoms. The van der Waals surface area contributed by atoms with E-state index in [0.29, 0.717) is 19.5 Å². The van der Waals surface area contributed by atoms with Crippen LogP contribution in [0.4, 0.5) is 4.79 Å².